The SMILES string of the molecule is C[C@H](CO)N1C[C@H](C)[C@@H](CN(C)Cc2ccc(Cl)c(Cl)c2)Oc2ccc(N(C)C)cc2CC1=O. The highest BCUT2D eigenvalue weighted by molar-refractivity contribution is 6.42. The molecule has 0 bridgehead atoms. The minimum absolute atomic E-state index is 0.000957. The maximum atomic E-state index is 13.3. The Morgan fingerprint density at radius 1 is 1.15 bits per heavy atom. The highest BCUT2D eigenvalue weighted by Crippen LogP contribution is 2.30. The van der Waals surface area contributed by atoms with Crippen LogP contribution in [0.4, 0.5) is 5.69 Å². The second-order valence-electron chi connectivity index (χ2n) is 9.52. The van der Waals surface area contributed by atoms with Gasteiger partial charge in [0.15, 0.2) is 0 Å². The molecule has 1 aliphatic rings. The Kier molecular flexibility index (Phi) is 9.10. The third kappa shape index (κ3) is 6.57. The van der Waals surface area contributed by atoms with Gasteiger partial charge >= 0.3 is 0 Å². The lowest BCUT2D eigenvalue weighted by atomic mass is 10.0. The van der Waals surface area contributed by atoms with E-state index in [1.807, 2.05) is 69.4 Å². The summed E-state index contributed by atoms with van der Waals surface area (Å²) in [5.74, 6) is 0.782. The molecule has 0 unspecified atom stereocenters. The molecule has 8 heteroatoms. The molecule has 186 valence electrons. The monoisotopic (exact) mass is 507 g/mol. The molecule has 0 aliphatic carbocycles. The van der Waals surface area contributed by atoms with Gasteiger partial charge in [0, 0.05) is 50.9 Å². The first-order valence-corrected chi connectivity index (χ1v) is 12.3. The van der Waals surface area contributed by atoms with E-state index in [0.29, 0.717) is 29.7 Å². The van der Waals surface area contributed by atoms with E-state index in [-0.39, 0.29) is 37.0 Å². The van der Waals surface area contributed by atoms with Gasteiger partial charge in [-0.05, 0) is 49.9 Å². The fourth-order valence-electron chi connectivity index (χ4n) is 4.23. The number of nitrogens with zero attached hydrogens (tertiary/aromatic N) is 3. The van der Waals surface area contributed by atoms with Gasteiger partial charge in [-0.2, -0.15) is 0 Å². The molecule has 34 heavy (non-hydrogen) atoms. The van der Waals surface area contributed by atoms with E-state index < -0.39 is 0 Å². The number of hydrogen-bond donors (Lipinski definition) is 1. The van der Waals surface area contributed by atoms with Gasteiger partial charge in [0.25, 0.3) is 0 Å². The predicted octanol–water partition coefficient (Wildman–Crippen LogP) is 4.34. The van der Waals surface area contributed by atoms with Crippen LogP contribution in [0.25, 0.3) is 0 Å². The van der Waals surface area contributed by atoms with Gasteiger partial charge in [0.1, 0.15) is 11.9 Å². The van der Waals surface area contributed by atoms with Crippen molar-refractivity contribution in [3.8, 4) is 5.75 Å². The largest absolute Gasteiger partial charge is 0.488 e. The van der Waals surface area contributed by atoms with E-state index in [0.717, 1.165) is 22.6 Å². The number of aliphatic hydroxyl groups is 1. The summed E-state index contributed by atoms with van der Waals surface area (Å²) in [6.45, 7) is 5.76. The van der Waals surface area contributed by atoms with Crippen molar-refractivity contribution in [2.45, 2.75) is 39.0 Å². The first kappa shape index (κ1) is 26.6. The Balaban J connectivity index is 1.89. The molecule has 1 aliphatic heterocycles. The van der Waals surface area contributed by atoms with Crippen LogP contribution in [0.1, 0.15) is 25.0 Å². The maximum absolute atomic E-state index is 13.3. The second kappa shape index (κ2) is 11.6. The Labute approximate surface area is 213 Å². The summed E-state index contributed by atoms with van der Waals surface area (Å²) in [4.78, 5) is 19.2. The lowest BCUT2D eigenvalue weighted by Gasteiger charge is -2.34. The van der Waals surface area contributed by atoms with E-state index in [1.165, 1.54) is 0 Å². The Hall–Kier alpha value is -1.99. The summed E-state index contributed by atoms with van der Waals surface area (Å²) in [7, 11) is 5.99. The van der Waals surface area contributed by atoms with Gasteiger partial charge in [0.05, 0.1) is 29.1 Å². The van der Waals surface area contributed by atoms with Crippen molar-refractivity contribution in [1.29, 1.82) is 0 Å². The minimum Gasteiger partial charge on any atom is -0.488 e. The average Bonchev–Trinajstić information content (AvgIpc) is 2.83. The molecule has 0 saturated carbocycles. The highest BCUT2D eigenvalue weighted by atomic mass is 35.5. The molecule has 3 atom stereocenters. The molecule has 0 saturated heterocycles. The van der Waals surface area contributed by atoms with Crippen LogP contribution in [0.5, 0.6) is 5.75 Å². The number of likely N-dealkylation sites (N-methyl/N-ethyl adjacent to an activating group) is 1. The van der Waals surface area contributed by atoms with Crippen molar-refractivity contribution in [3.63, 3.8) is 0 Å². The molecule has 0 aromatic heterocycles. The van der Waals surface area contributed by atoms with Crippen LogP contribution < -0.4 is 9.64 Å². The summed E-state index contributed by atoms with van der Waals surface area (Å²) in [5.41, 5.74) is 2.93. The molecule has 2 aromatic carbocycles. The van der Waals surface area contributed by atoms with Crippen molar-refractivity contribution in [3.05, 3.63) is 57.6 Å². The number of carbonyl (C=O) groups is 1. The number of carbonyl (C=O) groups excluding carboxylic acids is 1. The third-order valence-corrected chi connectivity index (χ3v) is 7.08. The number of benzene rings is 2. The Morgan fingerprint density at radius 3 is 2.53 bits per heavy atom. The Morgan fingerprint density at radius 2 is 1.88 bits per heavy atom. The number of halogens is 2. The first-order valence-electron chi connectivity index (χ1n) is 11.6. The van der Waals surface area contributed by atoms with Crippen LogP contribution in [0.2, 0.25) is 10.0 Å². The standard InChI is InChI=1S/C26H35Cl2N3O3/c1-17-13-31(18(2)16-32)26(33)12-20-11-21(29(3)4)7-9-24(20)34-25(17)15-30(5)14-19-6-8-22(27)23(28)10-19/h6-11,17-18,25,32H,12-16H2,1-5H3/t17-,18+,25+/m0/s1. The van der Waals surface area contributed by atoms with Gasteiger partial charge in [-0.3, -0.25) is 9.69 Å². The first-order chi connectivity index (χ1) is 16.1. The molecule has 1 heterocycles. The normalized spacial score (nSPS) is 19.7. The van der Waals surface area contributed by atoms with Crippen LogP contribution in [0.15, 0.2) is 36.4 Å². The molecule has 0 spiro atoms. The number of hydrogen-bond acceptors (Lipinski definition) is 5. The average molecular weight is 508 g/mol. The van der Waals surface area contributed by atoms with Crippen LogP contribution in [0, 0.1) is 5.92 Å². The molecule has 0 radical (unpaired) electrons. The summed E-state index contributed by atoms with van der Waals surface area (Å²) < 4.78 is 6.58. The molecular formula is C26H35Cl2N3O3. The summed E-state index contributed by atoms with van der Waals surface area (Å²) in [5, 5.41) is 10.9. The number of ether oxygens (including phenoxy) is 1. The van der Waals surface area contributed by atoms with Crippen LogP contribution in [0.3, 0.4) is 0 Å². The fraction of sp³-hybridized carbons (Fsp3) is 0.500. The smallest absolute Gasteiger partial charge is 0.227 e. The zero-order valence-corrected chi connectivity index (χ0v) is 22.1. The van der Waals surface area contributed by atoms with Gasteiger partial charge in [0.2, 0.25) is 5.91 Å². The lowest BCUT2D eigenvalue weighted by molar-refractivity contribution is -0.134. The zero-order chi connectivity index (χ0) is 25.0. The molecular weight excluding hydrogens is 473 g/mol. The number of aliphatic hydroxyl groups excluding tert-OH is 1. The zero-order valence-electron chi connectivity index (χ0n) is 20.6. The summed E-state index contributed by atoms with van der Waals surface area (Å²) in [6.07, 6.45) is 0.0796. The summed E-state index contributed by atoms with van der Waals surface area (Å²) >= 11 is 12.3. The van der Waals surface area contributed by atoms with E-state index in [1.54, 1.807) is 4.90 Å². The van der Waals surface area contributed by atoms with E-state index in [9.17, 15) is 9.90 Å². The molecule has 1 amide bonds. The fourth-order valence-corrected chi connectivity index (χ4v) is 4.55. The van der Waals surface area contributed by atoms with Crippen LogP contribution in [-0.4, -0.2) is 73.8 Å². The van der Waals surface area contributed by atoms with Gasteiger partial charge in [-0.15, -0.1) is 0 Å². The van der Waals surface area contributed by atoms with Gasteiger partial charge in [-0.25, -0.2) is 0 Å². The highest BCUT2D eigenvalue weighted by Gasteiger charge is 2.31. The molecule has 3 rings (SSSR count). The van der Waals surface area contributed by atoms with Gasteiger partial charge in [-0.1, -0.05) is 36.2 Å². The third-order valence-electron chi connectivity index (χ3n) is 6.34. The van der Waals surface area contributed by atoms with Crippen molar-refractivity contribution in [2.24, 2.45) is 5.92 Å². The van der Waals surface area contributed by atoms with E-state index >= 15 is 0 Å². The number of rotatable bonds is 7. The van der Waals surface area contributed by atoms with Crippen molar-refractivity contribution < 1.29 is 14.6 Å². The van der Waals surface area contributed by atoms with Crippen LogP contribution >= 0.6 is 23.2 Å². The van der Waals surface area contributed by atoms with Gasteiger partial charge < -0.3 is 19.6 Å². The van der Waals surface area contributed by atoms with Crippen molar-refractivity contribution >= 4 is 34.8 Å². The Bertz CT molecular complexity index is 1000. The molecule has 2 aromatic rings. The van der Waals surface area contributed by atoms with Crippen molar-refractivity contribution in [2.75, 3.05) is 45.7 Å². The van der Waals surface area contributed by atoms with E-state index in [4.69, 9.17) is 27.9 Å². The van der Waals surface area contributed by atoms with Crippen LogP contribution in [-0.2, 0) is 17.8 Å². The quantitative estimate of drug-likeness (QED) is 0.603. The number of anilines is 1. The maximum Gasteiger partial charge on any atom is 0.227 e. The number of fused-ring (bicyclic) bond motifs is 1. The lowest BCUT2D eigenvalue weighted by Crippen LogP contribution is -2.47. The summed E-state index contributed by atoms with van der Waals surface area (Å²) in [6, 6.07) is 11.4. The number of amides is 1. The molecule has 1 N–H and O–H groups in total. The van der Waals surface area contributed by atoms with Crippen molar-refractivity contribution in [1.82, 2.24) is 9.80 Å². The minimum atomic E-state index is -0.261. The predicted molar refractivity (Wildman–Crippen MR) is 139 cm³/mol. The second-order valence-corrected chi connectivity index (χ2v) is 10.3. The topological polar surface area (TPSA) is 56.2 Å². The molecule has 6 nitrogen and oxygen atoms in total. The molecule has 0 fully saturated rings. The van der Waals surface area contributed by atoms with E-state index in [2.05, 4.69) is 11.8 Å².